The van der Waals surface area contributed by atoms with E-state index in [1.54, 1.807) is 0 Å². The highest BCUT2D eigenvalue weighted by Crippen LogP contribution is 2.28. The Labute approximate surface area is 166 Å². The fourth-order valence-electron chi connectivity index (χ4n) is 4.07. The first-order chi connectivity index (χ1) is 13.6. The lowest BCUT2D eigenvalue weighted by Gasteiger charge is -2.34. The van der Waals surface area contributed by atoms with Gasteiger partial charge in [0, 0.05) is 19.0 Å². The molecular formula is C23H28N4O. The van der Waals surface area contributed by atoms with Gasteiger partial charge < -0.3 is 15.2 Å². The maximum Gasteiger partial charge on any atom is 0.317 e. The van der Waals surface area contributed by atoms with Gasteiger partial charge in [0.2, 0.25) is 0 Å². The maximum atomic E-state index is 13.0. The van der Waals surface area contributed by atoms with Crippen LogP contribution < -0.4 is 5.32 Å². The Bertz CT molecular complexity index is 901. The second kappa shape index (κ2) is 8.05. The highest BCUT2D eigenvalue weighted by atomic mass is 16.2. The highest BCUT2D eigenvalue weighted by Gasteiger charge is 2.28. The molecule has 5 nitrogen and oxygen atoms in total. The van der Waals surface area contributed by atoms with E-state index in [2.05, 4.69) is 36.3 Å². The largest absolute Gasteiger partial charge is 0.342 e. The van der Waals surface area contributed by atoms with Crippen molar-refractivity contribution in [3.63, 3.8) is 0 Å². The number of piperidine rings is 1. The zero-order chi connectivity index (χ0) is 19.5. The number of imidazole rings is 1. The molecule has 2 atom stereocenters. The van der Waals surface area contributed by atoms with Gasteiger partial charge in [0.15, 0.2) is 0 Å². The van der Waals surface area contributed by atoms with Crippen LogP contribution in [-0.4, -0.2) is 34.0 Å². The molecule has 2 amide bonds. The lowest BCUT2D eigenvalue weighted by Crippen LogP contribution is -2.47. The normalized spacial score (nSPS) is 18.4. The minimum absolute atomic E-state index is 0.0141. The summed E-state index contributed by atoms with van der Waals surface area (Å²) >= 11 is 0. The number of amides is 2. The van der Waals surface area contributed by atoms with E-state index in [0.29, 0.717) is 12.5 Å². The van der Waals surface area contributed by atoms with E-state index in [4.69, 9.17) is 4.98 Å². The number of fused-ring (bicyclic) bond motifs is 1. The monoisotopic (exact) mass is 376 g/mol. The van der Waals surface area contributed by atoms with Crippen molar-refractivity contribution < 1.29 is 4.79 Å². The number of rotatable bonds is 4. The van der Waals surface area contributed by atoms with Crippen molar-refractivity contribution in [2.24, 2.45) is 5.92 Å². The molecule has 2 heterocycles. The average Bonchev–Trinajstić information content (AvgIpc) is 3.17. The molecule has 2 N–H and O–H groups in total. The summed E-state index contributed by atoms with van der Waals surface area (Å²) in [7, 11) is 0. The molecule has 1 aromatic heterocycles. The number of para-hydroxylation sites is 2. The SMILES string of the molecule is CC(C)[C@H](NC(=O)N1CCC[C@@H](c2nc3ccccc3[nH]2)C1)c1ccccc1. The van der Waals surface area contributed by atoms with E-state index in [0.717, 1.165) is 41.8 Å². The number of benzene rings is 2. The van der Waals surface area contributed by atoms with Crippen molar-refractivity contribution in [2.45, 2.75) is 38.6 Å². The predicted molar refractivity (Wildman–Crippen MR) is 112 cm³/mol. The molecule has 1 aliphatic rings. The first kappa shape index (κ1) is 18.5. The van der Waals surface area contributed by atoms with Gasteiger partial charge in [-0.05, 0) is 36.5 Å². The Morgan fingerprint density at radius 1 is 1.14 bits per heavy atom. The molecule has 28 heavy (non-hydrogen) atoms. The van der Waals surface area contributed by atoms with Crippen LogP contribution in [0.15, 0.2) is 54.6 Å². The van der Waals surface area contributed by atoms with Crippen LogP contribution in [0.3, 0.4) is 0 Å². The maximum absolute atomic E-state index is 13.0. The molecule has 0 radical (unpaired) electrons. The predicted octanol–water partition coefficient (Wildman–Crippen LogP) is 4.85. The molecular weight excluding hydrogens is 348 g/mol. The summed E-state index contributed by atoms with van der Waals surface area (Å²) in [5.41, 5.74) is 3.20. The molecule has 0 saturated carbocycles. The summed E-state index contributed by atoms with van der Waals surface area (Å²) < 4.78 is 0. The van der Waals surface area contributed by atoms with Crippen LogP contribution in [0.2, 0.25) is 0 Å². The number of carbonyl (C=O) groups excluding carboxylic acids is 1. The topological polar surface area (TPSA) is 61.0 Å². The van der Waals surface area contributed by atoms with Gasteiger partial charge in [-0.2, -0.15) is 0 Å². The number of carbonyl (C=O) groups is 1. The number of aromatic nitrogens is 2. The number of H-pyrrole nitrogens is 1. The Kier molecular flexibility index (Phi) is 5.33. The number of likely N-dealkylation sites (tertiary alicyclic amines) is 1. The van der Waals surface area contributed by atoms with Gasteiger partial charge in [-0.1, -0.05) is 56.3 Å². The third-order valence-corrected chi connectivity index (χ3v) is 5.61. The smallest absolute Gasteiger partial charge is 0.317 e. The van der Waals surface area contributed by atoms with E-state index in [1.807, 2.05) is 47.4 Å². The average molecular weight is 377 g/mol. The first-order valence-electron chi connectivity index (χ1n) is 10.2. The quantitative estimate of drug-likeness (QED) is 0.684. The lowest BCUT2D eigenvalue weighted by atomic mass is 9.95. The lowest BCUT2D eigenvalue weighted by molar-refractivity contribution is 0.171. The van der Waals surface area contributed by atoms with Gasteiger partial charge >= 0.3 is 6.03 Å². The molecule has 1 saturated heterocycles. The van der Waals surface area contributed by atoms with Gasteiger partial charge in [-0.3, -0.25) is 0 Å². The van der Waals surface area contributed by atoms with Gasteiger partial charge in [-0.15, -0.1) is 0 Å². The molecule has 0 unspecified atom stereocenters. The summed E-state index contributed by atoms with van der Waals surface area (Å²) in [6.07, 6.45) is 2.04. The van der Waals surface area contributed by atoms with Gasteiger partial charge in [0.05, 0.1) is 17.1 Å². The van der Waals surface area contributed by atoms with E-state index < -0.39 is 0 Å². The Hall–Kier alpha value is -2.82. The number of aromatic amines is 1. The Morgan fingerprint density at radius 3 is 2.64 bits per heavy atom. The fraction of sp³-hybridized carbons (Fsp3) is 0.391. The van der Waals surface area contributed by atoms with E-state index in [-0.39, 0.29) is 18.0 Å². The molecule has 5 heteroatoms. The molecule has 146 valence electrons. The van der Waals surface area contributed by atoms with Crippen LogP contribution in [0.25, 0.3) is 11.0 Å². The van der Waals surface area contributed by atoms with E-state index in [1.165, 1.54) is 0 Å². The summed E-state index contributed by atoms with van der Waals surface area (Å²) in [6, 6.07) is 18.3. The summed E-state index contributed by atoms with van der Waals surface area (Å²) in [5, 5.41) is 3.26. The first-order valence-corrected chi connectivity index (χ1v) is 10.2. The second-order valence-electron chi connectivity index (χ2n) is 8.01. The number of nitrogens with one attached hydrogen (secondary N) is 2. The number of urea groups is 1. The zero-order valence-corrected chi connectivity index (χ0v) is 16.6. The van der Waals surface area contributed by atoms with Gasteiger partial charge in [0.25, 0.3) is 0 Å². The van der Waals surface area contributed by atoms with Gasteiger partial charge in [-0.25, -0.2) is 9.78 Å². The van der Waals surface area contributed by atoms with E-state index >= 15 is 0 Å². The summed E-state index contributed by atoms with van der Waals surface area (Å²) in [4.78, 5) is 23.2. The minimum atomic E-state index is 0.0141. The van der Waals surface area contributed by atoms with Crippen LogP contribution in [-0.2, 0) is 0 Å². The zero-order valence-electron chi connectivity index (χ0n) is 16.6. The molecule has 3 aromatic rings. The highest BCUT2D eigenvalue weighted by molar-refractivity contribution is 5.76. The van der Waals surface area contributed by atoms with Crippen LogP contribution in [0, 0.1) is 5.92 Å². The van der Waals surface area contributed by atoms with Crippen molar-refractivity contribution in [2.75, 3.05) is 13.1 Å². The van der Waals surface area contributed by atoms with Crippen LogP contribution in [0.4, 0.5) is 4.79 Å². The fourth-order valence-corrected chi connectivity index (χ4v) is 4.07. The summed E-state index contributed by atoms with van der Waals surface area (Å²) in [6.45, 7) is 5.78. The molecule has 2 aromatic carbocycles. The molecule has 0 bridgehead atoms. The Morgan fingerprint density at radius 2 is 1.89 bits per heavy atom. The molecule has 1 aliphatic heterocycles. The molecule has 0 aliphatic carbocycles. The van der Waals surface area contributed by atoms with Crippen molar-refractivity contribution in [1.29, 1.82) is 0 Å². The van der Waals surface area contributed by atoms with Crippen molar-refractivity contribution in [3.8, 4) is 0 Å². The standard InChI is InChI=1S/C23H28N4O/c1-16(2)21(17-9-4-3-5-10-17)26-23(28)27-14-8-11-18(15-27)22-24-19-12-6-7-13-20(19)25-22/h3-7,9-10,12-13,16,18,21H,8,11,14-15H2,1-2H3,(H,24,25)(H,26,28)/t18-,21+/m1/s1. The van der Waals surface area contributed by atoms with Crippen LogP contribution in [0.1, 0.15) is 50.0 Å². The van der Waals surface area contributed by atoms with Crippen LogP contribution in [0.5, 0.6) is 0 Å². The third-order valence-electron chi connectivity index (χ3n) is 5.61. The number of nitrogens with zero attached hydrogens (tertiary/aromatic N) is 2. The van der Waals surface area contributed by atoms with Crippen LogP contribution >= 0.6 is 0 Å². The number of hydrogen-bond donors (Lipinski definition) is 2. The Balaban J connectivity index is 1.47. The van der Waals surface area contributed by atoms with Crippen molar-refractivity contribution in [1.82, 2.24) is 20.2 Å². The van der Waals surface area contributed by atoms with Gasteiger partial charge in [0.1, 0.15) is 5.82 Å². The molecule has 1 fully saturated rings. The molecule has 4 rings (SSSR count). The second-order valence-corrected chi connectivity index (χ2v) is 8.01. The van der Waals surface area contributed by atoms with Crippen molar-refractivity contribution in [3.05, 3.63) is 66.0 Å². The summed E-state index contributed by atoms with van der Waals surface area (Å²) in [5.74, 6) is 1.56. The minimum Gasteiger partial charge on any atom is -0.342 e. The van der Waals surface area contributed by atoms with E-state index in [9.17, 15) is 4.79 Å². The van der Waals surface area contributed by atoms with Crippen molar-refractivity contribution >= 4 is 17.1 Å². The third kappa shape index (κ3) is 3.88. The number of hydrogen-bond acceptors (Lipinski definition) is 2. The molecule has 0 spiro atoms.